The standard InChI is InChI=1S/C16H24N6O/c1-3-17-16(18-8-4-10-22-11-5-9-21-22)20-13-14-6-7-15(23-2)19-12-14/h5-7,9,11-12H,3-4,8,10,13H2,1-2H3,(H2,17,18,20). The summed E-state index contributed by atoms with van der Waals surface area (Å²) in [6.45, 7) is 5.18. The SMILES string of the molecule is CCNC(=NCc1ccc(OC)nc1)NCCCn1cccn1. The molecule has 0 aliphatic heterocycles. The van der Waals surface area contributed by atoms with Gasteiger partial charge in [0.25, 0.3) is 0 Å². The van der Waals surface area contributed by atoms with Crippen molar-refractivity contribution in [2.24, 2.45) is 4.99 Å². The maximum atomic E-state index is 5.05. The van der Waals surface area contributed by atoms with Crippen LogP contribution in [0.4, 0.5) is 0 Å². The molecule has 2 heterocycles. The maximum absolute atomic E-state index is 5.05. The molecule has 0 aromatic carbocycles. The first-order valence-electron chi connectivity index (χ1n) is 7.80. The van der Waals surface area contributed by atoms with Crippen LogP contribution in [0.5, 0.6) is 5.88 Å². The second-order valence-electron chi connectivity index (χ2n) is 4.95. The molecule has 0 fully saturated rings. The summed E-state index contributed by atoms with van der Waals surface area (Å²) < 4.78 is 6.98. The van der Waals surface area contributed by atoms with E-state index in [1.54, 1.807) is 19.5 Å². The van der Waals surface area contributed by atoms with Gasteiger partial charge in [-0.05, 0) is 25.0 Å². The molecule has 0 spiro atoms. The van der Waals surface area contributed by atoms with Gasteiger partial charge < -0.3 is 15.4 Å². The third-order valence-corrected chi connectivity index (χ3v) is 3.19. The van der Waals surface area contributed by atoms with Crippen LogP contribution in [0.25, 0.3) is 0 Å². The van der Waals surface area contributed by atoms with Crippen LogP contribution in [0, 0.1) is 0 Å². The van der Waals surface area contributed by atoms with E-state index in [9.17, 15) is 0 Å². The first-order chi connectivity index (χ1) is 11.3. The van der Waals surface area contributed by atoms with Crippen molar-refractivity contribution >= 4 is 5.96 Å². The number of rotatable bonds is 8. The van der Waals surface area contributed by atoms with Crippen LogP contribution in [0.3, 0.4) is 0 Å². The van der Waals surface area contributed by atoms with Crippen LogP contribution in [0.2, 0.25) is 0 Å². The molecular formula is C16H24N6O. The Labute approximate surface area is 136 Å². The number of aromatic nitrogens is 3. The third kappa shape index (κ3) is 5.98. The highest BCUT2D eigenvalue weighted by molar-refractivity contribution is 5.79. The Balaban J connectivity index is 1.78. The second-order valence-corrected chi connectivity index (χ2v) is 4.95. The number of hydrogen-bond donors (Lipinski definition) is 2. The van der Waals surface area contributed by atoms with E-state index in [4.69, 9.17) is 4.74 Å². The van der Waals surface area contributed by atoms with Gasteiger partial charge >= 0.3 is 0 Å². The van der Waals surface area contributed by atoms with Crippen molar-refractivity contribution in [1.82, 2.24) is 25.4 Å². The molecule has 7 heteroatoms. The summed E-state index contributed by atoms with van der Waals surface area (Å²) in [5.74, 6) is 1.42. The summed E-state index contributed by atoms with van der Waals surface area (Å²) >= 11 is 0. The van der Waals surface area contributed by atoms with E-state index in [0.29, 0.717) is 12.4 Å². The van der Waals surface area contributed by atoms with Gasteiger partial charge in [-0.3, -0.25) is 4.68 Å². The zero-order valence-electron chi connectivity index (χ0n) is 13.7. The molecule has 0 radical (unpaired) electrons. The number of aliphatic imine (C=N–C) groups is 1. The van der Waals surface area contributed by atoms with Crippen molar-refractivity contribution in [2.45, 2.75) is 26.4 Å². The predicted octanol–water partition coefficient (Wildman–Crippen LogP) is 1.43. The molecule has 2 aromatic heterocycles. The lowest BCUT2D eigenvalue weighted by molar-refractivity contribution is 0.397. The zero-order chi connectivity index (χ0) is 16.3. The van der Waals surface area contributed by atoms with Gasteiger partial charge in [0.15, 0.2) is 5.96 Å². The first kappa shape index (κ1) is 16.8. The molecule has 0 atom stereocenters. The second kappa shape index (κ2) is 9.45. The first-order valence-corrected chi connectivity index (χ1v) is 7.80. The minimum Gasteiger partial charge on any atom is -0.481 e. The molecule has 0 saturated heterocycles. The van der Waals surface area contributed by atoms with Crippen molar-refractivity contribution in [3.8, 4) is 5.88 Å². The number of guanidine groups is 1. The van der Waals surface area contributed by atoms with Crippen molar-refractivity contribution < 1.29 is 4.74 Å². The number of pyridine rings is 1. The van der Waals surface area contributed by atoms with Crippen LogP contribution in [-0.4, -0.2) is 40.9 Å². The molecule has 0 saturated carbocycles. The van der Waals surface area contributed by atoms with Gasteiger partial charge in [-0.25, -0.2) is 9.98 Å². The Morgan fingerprint density at radius 3 is 2.91 bits per heavy atom. The van der Waals surface area contributed by atoms with E-state index < -0.39 is 0 Å². The van der Waals surface area contributed by atoms with Gasteiger partial charge in [-0.1, -0.05) is 6.07 Å². The average molecular weight is 316 g/mol. The number of nitrogens with one attached hydrogen (secondary N) is 2. The van der Waals surface area contributed by atoms with Crippen molar-refractivity contribution in [3.05, 3.63) is 42.4 Å². The Hall–Kier alpha value is -2.57. The quantitative estimate of drug-likeness (QED) is 0.438. The fraction of sp³-hybridized carbons (Fsp3) is 0.438. The largest absolute Gasteiger partial charge is 0.481 e. The number of ether oxygens (including phenoxy) is 1. The molecule has 124 valence electrons. The fourth-order valence-electron chi connectivity index (χ4n) is 2.02. The van der Waals surface area contributed by atoms with E-state index in [1.165, 1.54) is 0 Å². The maximum Gasteiger partial charge on any atom is 0.212 e. The van der Waals surface area contributed by atoms with Crippen LogP contribution in [-0.2, 0) is 13.1 Å². The van der Waals surface area contributed by atoms with Crippen LogP contribution in [0.1, 0.15) is 18.9 Å². The molecule has 2 N–H and O–H groups in total. The highest BCUT2D eigenvalue weighted by Gasteiger charge is 1.99. The summed E-state index contributed by atoms with van der Waals surface area (Å²) in [5.41, 5.74) is 1.04. The Morgan fingerprint density at radius 2 is 2.26 bits per heavy atom. The number of aryl methyl sites for hydroxylation is 1. The lowest BCUT2D eigenvalue weighted by atomic mass is 10.3. The number of methoxy groups -OCH3 is 1. The van der Waals surface area contributed by atoms with E-state index in [-0.39, 0.29) is 0 Å². The molecule has 7 nitrogen and oxygen atoms in total. The van der Waals surface area contributed by atoms with Gasteiger partial charge in [0.2, 0.25) is 5.88 Å². The smallest absolute Gasteiger partial charge is 0.212 e. The molecule has 0 amide bonds. The van der Waals surface area contributed by atoms with Crippen molar-refractivity contribution in [1.29, 1.82) is 0 Å². The summed E-state index contributed by atoms with van der Waals surface area (Å²) in [7, 11) is 1.61. The summed E-state index contributed by atoms with van der Waals surface area (Å²) in [6.07, 6.45) is 6.53. The monoisotopic (exact) mass is 316 g/mol. The topological polar surface area (TPSA) is 76.4 Å². The molecule has 0 bridgehead atoms. The normalized spacial score (nSPS) is 11.3. The van der Waals surface area contributed by atoms with E-state index in [1.807, 2.05) is 29.1 Å². The van der Waals surface area contributed by atoms with Crippen LogP contribution in [0.15, 0.2) is 41.8 Å². The number of hydrogen-bond acceptors (Lipinski definition) is 4. The van der Waals surface area contributed by atoms with Gasteiger partial charge in [0.1, 0.15) is 0 Å². The minimum absolute atomic E-state index is 0.575. The molecular weight excluding hydrogens is 292 g/mol. The van der Waals surface area contributed by atoms with E-state index in [0.717, 1.165) is 37.6 Å². The fourth-order valence-corrected chi connectivity index (χ4v) is 2.02. The molecule has 23 heavy (non-hydrogen) atoms. The molecule has 2 aromatic rings. The summed E-state index contributed by atoms with van der Waals surface area (Å²) in [4.78, 5) is 8.75. The zero-order valence-corrected chi connectivity index (χ0v) is 13.7. The lowest BCUT2D eigenvalue weighted by Gasteiger charge is -2.11. The van der Waals surface area contributed by atoms with Gasteiger partial charge in [0.05, 0.1) is 13.7 Å². The lowest BCUT2D eigenvalue weighted by Crippen LogP contribution is -2.38. The summed E-state index contributed by atoms with van der Waals surface area (Å²) in [6, 6.07) is 5.74. The van der Waals surface area contributed by atoms with Crippen molar-refractivity contribution in [2.75, 3.05) is 20.2 Å². The summed E-state index contributed by atoms with van der Waals surface area (Å²) in [5, 5.41) is 10.8. The molecule has 2 rings (SSSR count). The van der Waals surface area contributed by atoms with E-state index in [2.05, 4.69) is 32.6 Å². The highest BCUT2D eigenvalue weighted by Crippen LogP contribution is 2.07. The molecule has 0 unspecified atom stereocenters. The molecule has 0 aliphatic rings. The Bertz CT molecular complexity index is 579. The predicted molar refractivity (Wildman–Crippen MR) is 90.5 cm³/mol. The molecule has 0 aliphatic carbocycles. The highest BCUT2D eigenvalue weighted by atomic mass is 16.5. The van der Waals surface area contributed by atoms with Gasteiger partial charge in [-0.15, -0.1) is 0 Å². The van der Waals surface area contributed by atoms with Crippen LogP contribution < -0.4 is 15.4 Å². The Morgan fingerprint density at radius 1 is 1.35 bits per heavy atom. The Kier molecular flexibility index (Phi) is 6.90. The van der Waals surface area contributed by atoms with Gasteiger partial charge in [-0.2, -0.15) is 5.10 Å². The minimum atomic E-state index is 0.575. The average Bonchev–Trinajstić information content (AvgIpc) is 3.10. The van der Waals surface area contributed by atoms with Crippen LogP contribution >= 0.6 is 0 Å². The van der Waals surface area contributed by atoms with E-state index >= 15 is 0 Å². The van der Waals surface area contributed by atoms with Gasteiger partial charge in [0, 0.05) is 44.3 Å². The van der Waals surface area contributed by atoms with Crippen molar-refractivity contribution in [3.63, 3.8) is 0 Å². The number of nitrogens with zero attached hydrogens (tertiary/aromatic N) is 4. The third-order valence-electron chi connectivity index (χ3n) is 3.19.